The highest BCUT2D eigenvalue weighted by atomic mass is 35.5. The summed E-state index contributed by atoms with van der Waals surface area (Å²) in [5.41, 5.74) is 0. The van der Waals surface area contributed by atoms with Crippen LogP contribution in [0.2, 0.25) is 0 Å². The van der Waals surface area contributed by atoms with Crippen LogP contribution < -0.4 is 28.3 Å². The SMILES string of the molecule is [Cl-].c1ccc([P+](Cc2nccs2)(c2ccccc2)c2ccccc2)cc1. The van der Waals surface area contributed by atoms with E-state index in [9.17, 15) is 0 Å². The van der Waals surface area contributed by atoms with Crippen molar-refractivity contribution in [2.75, 3.05) is 0 Å². The Bertz CT molecular complexity index is 816. The summed E-state index contributed by atoms with van der Waals surface area (Å²) in [4.78, 5) is 4.62. The Labute approximate surface area is 165 Å². The lowest BCUT2D eigenvalue weighted by Crippen LogP contribution is -3.00. The zero-order valence-corrected chi connectivity index (χ0v) is 16.7. The maximum absolute atomic E-state index is 4.62. The van der Waals surface area contributed by atoms with Gasteiger partial charge in [0, 0.05) is 11.6 Å². The number of aromatic nitrogens is 1. The van der Waals surface area contributed by atoms with Crippen LogP contribution in [0.4, 0.5) is 0 Å². The normalized spacial score (nSPS) is 10.9. The lowest BCUT2D eigenvalue weighted by atomic mass is 10.4. The molecular weight excluding hydrogens is 377 g/mol. The van der Waals surface area contributed by atoms with Crippen molar-refractivity contribution in [1.29, 1.82) is 0 Å². The summed E-state index contributed by atoms with van der Waals surface area (Å²) in [6.07, 6.45) is 2.87. The third-order valence-corrected chi connectivity index (χ3v) is 9.75. The molecule has 1 nitrogen and oxygen atoms in total. The molecular formula is C22H19ClNPS. The first-order valence-electron chi connectivity index (χ1n) is 8.33. The number of rotatable bonds is 5. The first-order valence-corrected chi connectivity index (χ1v) is 11.2. The molecule has 0 aliphatic heterocycles. The van der Waals surface area contributed by atoms with Crippen molar-refractivity contribution < 1.29 is 12.4 Å². The third kappa shape index (κ3) is 3.59. The van der Waals surface area contributed by atoms with Gasteiger partial charge in [-0.15, -0.1) is 11.3 Å². The van der Waals surface area contributed by atoms with Gasteiger partial charge in [0.15, 0.2) is 0 Å². The van der Waals surface area contributed by atoms with Gasteiger partial charge in [-0.25, -0.2) is 4.98 Å². The summed E-state index contributed by atoms with van der Waals surface area (Å²) in [7, 11) is -1.79. The molecule has 130 valence electrons. The predicted octanol–water partition coefficient (Wildman–Crippen LogP) is 1.64. The van der Waals surface area contributed by atoms with Gasteiger partial charge in [-0.3, -0.25) is 0 Å². The fourth-order valence-corrected chi connectivity index (χ4v) is 8.55. The molecule has 1 aromatic heterocycles. The number of benzene rings is 3. The lowest BCUT2D eigenvalue weighted by molar-refractivity contribution is -0.00000484. The molecule has 0 saturated heterocycles. The monoisotopic (exact) mass is 395 g/mol. The van der Waals surface area contributed by atoms with Gasteiger partial charge >= 0.3 is 0 Å². The zero-order chi connectivity index (χ0) is 17.0. The molecule has 4 aromatic rings. The van der Waals surface area contributed by atoms with Crippen molar-refractivity contribution in [2.24, 2.45) is 0 Å². The Morgan fingerprint density at radius 1 is 0.654 bits per heavy atom. The van der Waals surface area contributed by atoms with Crippen molar-refractivity contribution >= 4 is 34.5 Å². The molecule has 0 fully saturated rings. The molecule has 0 aliphatic rings. The minimum atomic E-state index is -1.79. The van der Waals surface area contributed by atoms with Crippen LogP contribution in [0, 0.1) is 0 Å². The molecule has 26 heavy (non-hydrogen) atoms. The molecule has 0 atom stereocenters. The zero-order valence-electron chi connectivity index (χ0n) is 14.2. The molecule has 1 heterocycles. The van der Waals surface area contributed by atoms with E-state index in [2.05, 4.69) is 101 Å². The fourth-order valence-electron chi connectivity index (χ4n) is 3.30. The molecule has 4 rings (SSSR count). The van der Waals surface area contributed by atoms with E-state index in [0.717, 1.165) is 6.16 Å². The van der Waals surface area contributed by atoms with Crippen LogP contribution in [-0.4, -0.2) is 4.98 Å². The quantitative estimate of drug-likeness (QED) is 0.468. The lowest BCUT2D eigenvalue weighted by Gasteiger charge is -2.26. The Balaban J connectivity index is 0.00000196. The number of thiazole rings is 1. The van der Waals surface area contributed by atoms with Gasteiger partial charge in [-0.1, -0.05) is 54.6 Å². The molecule has 0 bridgehead atoms. The second-order valence-corrected chi connectivity index (χ2v) is 10.4. The van der Waals surface area contributed by atoms with Crippen LogP contribution in [0.3, 0.4) is 0 Å². The van der Waals surface area contributed by atoms with E-state index in [1.165, 1.54) is 20.9 Å². The van der Waals surface area contributed by atoms with Crippen molar-refractivity contribution in [1.82, 2.24) is 4.98 Å². The second kappa shape index (κ2) is 8.60. The fraction of sp³-hybridized carbons (Fsp3) is 0.0455. The van der Waals surface area contributed by atoms with Gasteiger partial charge in [0.05, 0.1) is 0 Å². The van der Waals surface area contributed by atoms with Crippen LogP contribution >= 0.6 is 18.6 Å². The van der Waals surface area contributed by atoms with Crippen LogP contribution in [-0.2, 0) is 6.16 Å². The van der Waals surface area contributed by atoms with E-state index in [0.29, 0.717) is 0 Å². The Morgan fingerprint density at radius 2 is 1.08 bits per heavy atom. The van der Waals surface area contributed by atoms with Crippen molar-refractivity contribution in [3.63, 3.8) is 0 Å². The highest BCUT2D eigenvalue weighted by Gasteiger charge is 2.46. The average molecular weight is 396 g/mol. The standard InChI is InChI=1S/C22H19NPS.ClH/c1-4-10-19(11-5-1)24(18-22-23-16-17-25-22,20-12-6-2-7-13-20)21-14-8-3-9-15-21;/h1-17H,18H2;1H/q+1;/p-1. The van der Waals surface area contributed by atoms with Crippen LogP contribution in [0.25, 0.3) is 0 Å². The molecule has 0 unspecified atom stereocenters. The van der Waals surface area contributed by atoms with E-state index in [1.54, 1.807) is 11.3 Å². The van der Waals surface area contributed by atoms with E-state index in [4.69, 9.17) is 0 Å². The summed E-state index contributed by atoms with van der Waals surface area (Å²) in [6.45, 7) is 0. The second-order valence-electron chi connectivity index (χ2n) is 5.90. The van der Waals surface area contributed by atoms with Crippen molar-refractivity contribution in [3.8, 4) is 0 Å². The van der Waals surface area contributed by atoms with Crippen LogP contribution in [0.1, 0.15) is 5.01 Å². The summed E-state index contributed by atoms with van der Waals surface area (Å²) in [5.74, 6) is 0. The van der Waals surface area contributed by atoms with Crippen LogP contribution in [0.5, 0.6) is 0 Å². The molecule has 3 aromatic carbocycles. The first kappa shape index (κ1) is 18.8. The van der Waals surface area contributed by atoms with Crippen molar-refractivity contribution in [2.45, 2.75) is 6.16 Å². The largest absolute Gasteiger partial charge is 1.00 e. The van der Waals surface area contributed by atoms with Crippen molar-refractivity contribution in [3.05, 3.63) is 108 Å². The number of halogens is 1. The molecule has 4 heteroatoms. The Hall–Kier alpha value is -1.99. The van der Waals surface area contributed by atoms with Gasteiger partial charge in [0.2, 0.25) is 0 Å². The summed E-state index contributed by atoms with van der Waals surface area (Å²) >= 11 is 1.75. The highest BCUT2D eigenvalue weighted by molar-refractivity contribution is 7.95. The highest BCUT2D eigenvalue weighted by Crippen LogP contribution is 2.58. The number of hydrogen-bond acceptors (Lipinski definition) is 2. The molecule has 0 N–H and O–H groups in total. The molecule has 0 radical (unpaired) electrons. The van der Waals surface area contributed by atoms with Gasteiger partial charge in [0.25, 0.3) is 0 Å². The molecule has 0 saturated carbocycles. The van der Waals surface area contributed by atoms with Crippen LogP contribution in [0.15, 0.2) is 103 Å². The topological polar surface area (TPSA) is 12.9 Å². The Morgan fingerprint density at radius 3 is 1.42 bits per heavy atom. The van der Waals surface area contributed by atoms with Gasteiger partial charge in [0.1, 0.15) is 34.3 Å². The maximum Gasteiger partial charge on any atom is 0.131 e. The Kier molecular flexibility index (Phi) is 6.21. The summed E-state index contributed by atoms with van der Waals surface area (Å²) in [6, 6.07) is 32.9. The van der Waals surface area contributed by atoms with Gasteiger partial charge in [-0.05, 0) is 36.4 Å². The van der Waals surface area contributed by atoms with E-state index in [-0.39, 0.29) is 12.4 Å². The first-order chi connectivity index (χ1) is 12.4. The average Bonchev–Trinajstić information content (AvgIpc) is 3.21. The molecule has 0 amide bonds. The minimum absolute atomic E-state index is 0. The van der Waals surface area contributed by atoms with E-state index >= 15 is 0 Å². The maximum atomic E-state index is 4.62. The van der Waals surface area contributed by atoms with E-state index < -0.39 is 7.26 Å². The number of nitrogens with zero attached hydrogens (tertiary/aromatic N) is 1. The third-order valence-electron chi connectivity index (χ3n) is 4.45. The smallest absolute Gasteiger partial charge is 0.131 e. The van der Waals surface area contributed by atoms with Gasteiger partial charge < -0.3 is 12.4 Å². The molecule has 0 aliphatic carbocycles. The minimum Gasteiger partial charge on any atom is -1.00 e. The molecule has 0 spiro atoms. The van der Waals surface area contributed by atoms with E-state index in [1.807, 2.05) is 6.20 Å². The predicted molar refractivity (Wildman–Crippen MR) is 111 cm³/mol. The summed E-state index contributed by atoms with van der Waals surface area (Å²) < 4.78 is 0. The van der Waals surface area contributed by atoms with Gasteiger partial charge in [-0.2, -0.15) is 0 Å². The summed E-state index contributed by atoms with van der Waals surface area (Å²) in [5, 5.41) is 7.49. The number of hydrogen-bond donors (Lipinski definition) is 0.